The Morgan fingerprint density at radius 3 is 2.75 bits per heavy atom. The predicted octanol–water partition coefficient (Wildman–Crippen LogP) is 3.27. The number of aromatic nitrogens is 2. The quantitative estimate of drug-likeness (QED) is 0.807. The largest absolute Gasteiger partial charge is 0.484 e. The molecule has 1 amide bonds. The lowest BCUT2D eigenvalue weighted by atomic mass is 10.1. The topological polar surface area (TPSA) is 77.2 Å². The molecule has 0 bridgehead atoms. The van der Waals surface area contributed by atoms with Gasteiger partial charge in [0.1, 0.15) is 5.75 Å². The second kappa shape index (κ2) is 7.70. The molecule has 0 aliphatic heterocycles. The van der Waals surface area contributed by atoms with Gasteiger partial charge in [-0.05, 0) is 51.8 Å². The van der Waals surface area contributed by atoms with Crippen molar-refractivity contribution in [3.05, 3.63) is 35.2 Å². The zero-order valence-electron chi connectivity index (χ0n) is 14.7. The first-order valence-electron chi connectivity index (χ1n) is 7.69. The molecule has 130 valence electrons. The summed E-state index contributed by atoms with van der Waals surface area (Å²) >= 11 is 1.21. The van der Waals surface area contributed by atoms with Crippen molar-refractivity contribution in [1.82, 2.24) is 15.5 Å². The molecule has 2 aromatic rings. The van der Waals surface area contributed by atoms with Crippen molar-refractivity contribution in [3.63, 3.8) is 0 Å². The molecule has 7 heteroatoms. The number of carbonyl (C=O) groups is 1. The molecule has 0 fully saturated rings. The van der Waals surface area contributed by atoms with E-state index in [1.807, 2.05) is 52.8 Å². The Labute approximate surface area is 146 Å². The zero-order valence-corrected chi connectivity index (χ0v) is 15.5. The Balaban J connectivity index is 1.85. The first kappa shape index (κ1) is 18.3. The fourth-order valence-electron chi connectivity index (χ4n) is 1.94. The van der Waals surface area contributed by atoms with Crippen LogP contribution < -0.4 is 10.1 Å². The van der Waals surface area contributed by atoms with Crippen molar-refractivity contribution >= 4 is 17.7 Å². The van der Waals surface area contributed by atoms with Crippen molar-refractivity contribution in [2.24, 2.45) is 0 Å². The maximum Gasteiger partial charge on any atom is 0.277 e. The molecule has 0 saturated carbocycles. The lowest BCUT2D eigenvalue weighted by Crippen LogP contribution is -2.41. The average Bonchev–Trinajstić information content (AvgIpc) is 2.92. The van der Waals surface area contributed by atoms with Crippen LogP contribution in [0.3, 0.4) is 0 Å². The summed E-state index contributed by atoms with van der Waals surface area (Å²) < 4.78 is 11.2. The number of thioether (sulfide) groups is 1. The summed E-state index contributed by atoms with van der Waals surface area (Å²) in [5, 5.41) is 11.1. The summed E-state index contributed by atoms with van der Waals surface area (Å²) in [6, 6.07) is 6.01. The van der Waals surface area contributed by atoms with Crippen LogP contribution in [0.5, 0.6) is 5.75 Å². The normalized spacial score (nSPS) is 11.4. The Morgan fingerprint density at radius 1 is 1.29 bits per heavy atom. The van der Waals surface area contributed by atoms with E-state index in [0.29, 0.717) is 11.1 Å². The standard InChI is InChI=1S/C17H23N3O3S/c1-11-6-7-12(2)13(8-11)22-9-15-19-20-16(23-15)24-10-14(21)18-17(3,4)5/h6-8H,9-10H2,1-5H3,(H,18,21). The number of benzene rings is 1. The van der Waals surface area contributed by atoms with Gasteiger partial charge in [0.05, 0.1) is 5.75 Å². The predicted molar refractivity (Wildman–Crippen MR) is 93.2 cm³/mol. The van der Waals surface area contributed by atoms with Crippen LogP contribution in [0.1, 0.15) is 37.8 Å². The van der Waals surface area contributed by atoms with E-state index in [1.54, 1.807) is 0 Å². The molecule has 1 heterocycles. The summed E-state index contributed by atoms with van der Waals surface area (Å²) in [7, 11) is 0. The maximum atomic E-state index is 11.8. The third-order valence-corrected chi connectivity index (χ3v) is 3.80. The molecule has 0 radical (unpaired) electrons. The third-order valence-electron chi connectivity index (χ3n) is 2.98. The van der Waals surface area contributed by atoms with Gasteiger partial charge in [0.2, 0.25) is 5.91 Å². The second-order valence-corrected chi connectivity index (χ2v) is 7.53. The number of hydrogen-bond donors (Lipinski definition) is 1. The van der Waals surface area contributed by atoms with Gasteiger partial charge in [-0.25, -0.2) is 0 Å². The second-order valence-electron chi connectivity index (χ2n) is 6.61. The fraction of sp³-hybridized carbons (Fsp3) is 0.471. The molecule has 0 aliphatic rings. The summed E-state index contributed by atoms with van der Waals surface area (Å²) in [5.41, 5.74) is 1.92. The van der Waals surface area contributed by atoms with Crippen LogP contribution in [0.25, 0.3) is 0 Å². The Hall–Kier alpha value is -2.02. The van der Waals surface area contributed by atoms with E-state index < -0.39 is 0 Å². The summed E-state index contributed by atoms with van der Waals surface area (Å²) in [6.07, 6.45) is 0. The highest BCUT2D eigenvalue weighted by molar-refractivity contribution is 7.99. The van der Waals surface area contributed by atoms with Crippen molar-refractivity contribution in [2.45, 2.75) is 52.0 Å². The van der Waals surface area contributed by atoms with Crippen LogP contribution in [0.2, 0.25) is 0 Å². The van der Waals surface area contributed by atoms with Gasteiger partial charge in [-0.3, -0.25) is 4.79 Å². The van der Waals surface area contributed by atoms with E-state index in [0.717, 1.165) is 16.9 Å². The van der Waals surface area contributed by atoms with Crippen LogP contribution in [0.15, 0.2) is 27.8 Å². The van der Waals surface area contributed by atoms with E-state index in [9.17, 15) is 4.79 Å². The Bertz CT molecular complexity index is 707. The molecule has 0 saturated heterocycles. The number of nitrogens with zero attached hydrogens (tertiary/aromatic N) is 2. The van der Waals surface area contributed by atoms with E-state index in [2.05, 4.69) is 15.5 Å². The van der Waals surface area contributed by atoms with Gasteiger partial charge >= 0.3 is 0 Å². The molecular formula is C17H23N3O3S. The van der Waals surface area contributed by atoms with Crippen LogP contribution >= 0.6 is 11.8 Å². The van der Waals surface area contributed by atoms with Crippen molar-refractivity contribution < 1.29 is 13.9 Å². The molecule has 2 rings (SSSR count). The molecule has 24 heavy (non-hydrogen) atoms. The molecule has 1 aromatic heterocycles. The summed E-state index contributed by atoms with van der Waals surface area (Å²) in [6.45, 7) is 10.0. The van der Waals surface area contributed by atoms with Gasteiger partial charge < -0.3 is 14.5 Å². The lowest BCUT2D eigenvalue weighted by molar-refractivity contribution is -0.119. The summed E-state index contributed by atoms with van der Waals surface area (Å²) in [4.78, 5) is 11.8. The fourth-order valence-corrected chi connectivity index (χ4v) is 2.52. The molecule has 0 atom stereocenters. The van der Waals surface area contributed by atoms with E-state index in [-0.39, 0.29) is 23.8 Å². The van der Waals surface area contributed by atoms with Crippen molar-refractivity contribution in [3.8, 4) is 5.75 Å². The van der Waals surface area contributed by atoms with Crippen LogP contribution in [-0.2, 0) is 11.4 Å². The molecule has 0 spiro atoms. The van der Waals surface area contributed by atoms with Gasteiger partial charge in [0, 0.05) is 5.54 Å². The van der Waals surface area contributed by atoms with E-state index >= 15 is 0 Å². The van der Waals surface area contributed by atoms with Gasteiger partial charge in [-0.1, -0.05) is 23.9 Å². The molecular weight excluding hydrogens is 326 g/mol. The highest BCUT2D eigenvalue weighted by atomic mass is 32.2. The van der Waals surface area contributed by atoms with Gasteiger partial charge in [-0.2, -0.15) is 0 Å². The first-order valence-corrected chi connectivity index (χ1v) is 8.68. The monoisotopic (exact) mass is 349 g/mol. The number of carbonyl (C=O) groups excluding carboxylic acids is 1. The van der Waals surface area contributed by atoms with Crippen LogP contribution in [0.4, 0.5) is 0 Å². The van der Waals surface area contributed by atoms with E-state index in [4.69, 9.17) is 9.15 Å². The molecule has 1 aromatic carbocycles. The van der Waals surface area contributed by atoms with Crippen LogP contribution in [0, 0.1) is 13.8 Å². The number of hydrogen-bond acceptors (Lipinski definition) is 6. The van der Waals surface area contributed by atoms with E-state index in [1.165, 1.54) is 11.8 Å². The van der Waals surface area contributed by atoms with Gasteiger partial charge in [0.15, 0.2) is 6.61 Å². The van der Waals surface area contributed by atoms with Crippen LogP contribution in [-0.4, -0.2) is 27.4 Å². The average molecular weight is 349 g/mol. The first-order chi connectivity index (χ1) is 11.2. The number of ether oxygens (including phenoxy) is 1. The van der Waals surface area contributed by atoms with Gasteiger partial charge in [0.25, 0.3) is 11.1 Å². The highest BCUT2D eigenvalue weighted by Gasteiger charge is 2.15. The SMILES string of the molecule is Cc1ccc(C)c(OCc2nnc(SCC(=O)NC(C)(C)C)o2)c1. The minimum atomic E-state index is -0.253. The number of rotatable bonds is 6. The minimum absolute atomic E-state index is 0.0705. The number of amides is 1. The number of aryl methyl sites for hydroxylation is 2. The smallest absolute Gasteiger partial charge is 0.277 e. The zero-order chi connectivity index (χ0) is 17.7. The molecule has 0 unspecified atom stereocenters. The minimum Gasteiger partial charge on any atom is -0.484 e. The Morgan fingerprint density at radius 2 is 2.04 bits per heavy atom. The molecule has 6 nitrogen and oxygen atoms in total. The molecule has 0 aliphatic carbocycles. The maximum absolute atomic E-state index is 11.8. The van der Waals surface area contributed by atoms with Crippen molar-refractivity contribution in [1.29, 1.82) is 0 Å². The van der Waals surface area contributed by atoms with Gasteiger partial charge in [-0.15, -0.1) is 10.2 Å². The Kier molecular flexibility index (Phi) is 5.88. The summed E-state index contributed by atoms with van der Waals surface area (Å²) in [5.74, 6) is 1.34. The third kappa shape index (κ3) is 5.88. The molecule has 1 N–H and O–H groups in total. The highest BCUT2D eigenvalue weighted by Crippen LogP contribution is 2.21. The van der Waals surface area contributed by atoms with Crippen molar-refractivity contribution in [2.75, 3.05) is 5.75 Å². The lowest BCUT2D eigenvalue weighted by Gasteiger charge is -2.19. The number of nitrogens with one attached hydrogen (secondary N) is 1.